The number of nitrogens with zero attached hydrogens (tertiary/aromatic N) is 3. The van der Waals surface area contributed by atoms with Gasteiger partial charge in [-0.05, 0) is 6.07 Å². The van der Waals surface area contributed by atoms with Gasteiger partial charge >= 0.3 is 6.01 Å². The SMILES string of the molecule is ON(c1ncco1)c1nocc1-c1c[nH]c2ccccc12. The maximum absolute atomic E-state index is 10.2. The number of aromatic amines is 1. The fourth-order valence-corrected chi connectivity index (χ4v) is 2.27. The van der Waals surface area contributed by atoms with Gasteiger partial charge in [-0.15, -0.1) is 0 Å². The molecule has 104 valence electrons. The number of anilines is 2. The van der Waals surface area contributed by atoms with Crippen molar-refractivity contribution in [2.24, 2.45) is 0 Å². The maximum Gasteiger partial charge on any atom is 0.328 e. The number of hydrogen-bond donors (Lipinski definition) is 2. The van der Waals surface area contributed by atoms with Crippen LogP contribution in [0.3, 0.4) is 0 Å². The molecule has 7 nitrogen and oxygen atoms in total. The molecule has 7 heteroatoms. The molecule has 0 spiro atoms. The minimum atomic E-state index is 0.0185. The van der Waals surface area contributed by atoms with Crippen molar-refractivity contribution in [1.82, 2.24) is 15.1 Å². The molecule has 0 bridgehead atoms. The van der Waals surface area contributed by atoms with Crippen molar-refractivity contribution in [3.63, 3.8) is 0 Å². The second-order valence-electron chi connectivity index (χ2n) is 4.43. The predicted molar refractivity (Wildman–Crippen MR) is 74.2 cm³/mol. The van der Waals surface area contributed by atoms with E-state index in [2.05, 4.69) is 15.1 Å². The van der Waals surface area contributed by atoms with Gasteiger partial charge in [-0.2, -0.15) is 10.0 Å². The third kappa shape index (κ3) is 1.79. The van der Waals surface area contributed by atoms with E-state index in [9.17, 15) is 5.21 Å². The fraction of sp³-hybridized carbons (Fsp3) is 0. The molecular weight excluding hydrogens is 272 g/mol. The van der Waals surface area contributed by atoms with E-state index in [1.54, 1.807) is 0 Å². The number of aromatic nitrogens is 3. The number of fused-ring (bicyclic) bond motifs is 1. The first-order valence-electron chi connectivity index (χ1n) is 6.24. The second-order valence-corrected chi connectivity index (χ2v) is 4.43. The number of para-hydroxylation sites is 1. The first-order valence-corrected chi connectivity index (χ1v) is 6.24. The number of H-pyrrole nitrogens is 1. The Morgan fingerprint density at radius 2 is 2.10 bits per heavy atom. The van der Waals surface area contributed by atoms with Gasteiger partial charge in [0.15, 0.2) is 0 Å². The van der Waals surface area contributed by atoms with Gasteiger partial charge in [-0.1, -0.05) is 23.4 Å². The molecule has 0 aliphatic heterocycles. The standard InChI is InChI=1S/C14H10N4O3/c19-18(14-15-5-6-20-14)13-11(8-21-17-13)10-7-16-12-4-2-1-3-9(10)12/h1-8,16,19H. The van der Waals surface area contributed by atoms with E-state index < -0.39 is 0 Å². The van der Waals surface area contributed by atoms with E-state index in [-0.39, 0.29) is 11.8 Å². The molecule has 3 heterocycles. The average molecular weight is 282 g/mol. The molecule has 0 aliphatic rings. The normalized spacial score (nSPS) is 11.1. The second kappa shape index (κ2) is 4.50. The lowest BCUT2D eigenvalue weighted by Gasteiger charge is -2.09. The van der Waals surface area contributed by atoms with E-state index in [4.69, 9.17) is 8.94 Å². The molecule has 0 atom stereocenters. The Labute approximate surface area is 118 Å². The highest BCUT2D eigenvalue weighted by molar-refractivity contribution is 5.98. The van der Waals surface area contributed by atoms with E-state index in [1.807, 2.05) is 30.5 Å². The highest BCUT2D eigenvalue weighted by Crippen LogP contribution is 2.36. The van der Waals surface area contributed by atoms with Crippen LogP contribution in [0.2, 0.25) is 0 Å². The molecule has 0 unspecified atom stereocenters. The van der Waals surface area contributed by atoms with E-state index in [0.717, 1.165) is 21.5 Å². The smallest absolute Gasteiger partial charge is 0.328 e. The van der Waals surface area contributed by atoms with Crippen LogP contribution >= 0.6 is 0 Å². The minimum absolute atomic E-state index is 0.0185. The lowest BCUT2D eigenvalue weighted by Crippen LogP contribution is -2.12. The van der Waals surface area contributed by atoms with Crippen molar-refractivity contribution in [3.05, 3.63) is 49.2 Å². The molecular formula is C14H10N4O3. The van der Waals surface area contributed by atoms with Crippen LogP contribution < -0.4 is 5.06 Å². The minimum Gasteiger partial charge on any atom is -0.430 e. The van der Waals surface area contributed by atoms with Crippen LogP contribution in [0.5, 0.6) is 0 Å². The third-order valence-electron chi connectivity index (χ3n) is 3.23. The van der Waals surface area contributed by atoms with Crippen molar-refractivity contribution >= 4 is 22.7 Å². The van der Waals surface area contributed by atoms with Crippen molar-refractivity contribution < 1.29 is 14.1 Å². The lowest BCUT2D eigenvalue weighted by atomic mass is 10.1. The topological polar surface area (TPSA) is 91.3 Å². The van der Waals surface area contributed by atoms with Crippen LogP contribution in [0.25, 0.3) is 22.0 Å². The number of benzene rings is 1. The average Bonchev–Trinajstić information content (AvgIpc) is 3.25. The Morgan fingerprint density at radius 1 is 1.19 bits per heavy atom. The van der Waals surface area contributed by atoms with Gasteiger partial charge in [-0.25, -0.2) is 0 Å². The molecule has 0 aliphatic carbocycles. The lowest BCUT2D eigenvalue weighted by molar-refractivity contribution is 0.264. The van der Waals surface area contributed by atoms with Crippen LogP contribution in [0.15, 0.2) is 58.1 Å². The molecule has 2 N–H and O–H groups in total. The third-order valence-corrected chi connectivity index (χ3v) is 3.23. The van der Waals surface area contributed by atoms with Crippen molar-refractivity contribution in [1.29, 1.82) is 0 Å². The van der Waals surface area contributed by atoms with Crippen LogP contribution in [-0.2, 0) is 0 Å². The van der Waals surface area contributed by atoms with Gasteiger partial charge < -0.3 is 13.9 Å². The molecule has 0 fully saturated rings. The number of nitrogens with one attached hydrogen (secondary N) is 1. The summed E-state index contributed by atoms with van der Waals surface area (Å²) in [7, 11) is 0. The van der Waals surface area contributed by atoms with Crippen molar-refractivity contribution in [3.8, 4) is 11.1 Å². The Morgan fingerprint density at radius 3 is 2.95 bits per heavy atom. The summed E-state index contributed by atoms with van der Waals surface area (Å²) in [5, 5.41) is 15.7. The van der Waals surface area contributed by atoms with Crippen LogP contribution in [-0.4, -0.2) is 20.3 Å². The van der Waals surface area contributed by atoms with Crippen LogP contribution in [0, 0.1) is 0 Å². The zero-order chi connectivity index (χ0) is 14.2. The fourth-order valence-electron chi connectivity index (χ4n) is 2.27. The summed E-state index contributed by atoms with van der Waals surface area (Å²) in [6, 6.07) is 7.85. The molecule has 0 amide bonds. The van der Waals surface area contributed by atoms with Gasteiger partial charge in [0.2, 0.25) is 5.82 Å². The summed E-state index contributed by atoms with van der Waals surface area (Å²) in [6.45, 7) is 0. The summed E-state index contributed by atoms with van der Waals surface area (Å²) in [4.78, 5) is 7.05. The van der Waals surface area contributed by atoms with Crippen LogP contribution in [0.4, 0.5) is 11.8 Å². The summed E-state index contributed by atoms with van der Waals surface area (Å²) in [5.41, 5.74) is 2.49. The summed E-state index contributed by atoms with van der Waals surface area (Å²) >= 11 is 0. The summed E-state index contributed by atoms with van der Waals surface area (Å²) in [6.07, 6.45) is 6.11. The van der Waals surface area contributed by atoms with Gasteiger partial charge in [0.05, 0.1) is 11.8 Å². The summed E-state index contributed by atoms with van der Waals surface area (Å²) < 4.78 is 10.1. The first-order chi connectivity index (χ1) is 10.3. The van der Waals surface area contributed by atoms with Gasteiger partial charge in [0, 0.05) is 22.7 Å². The maximum atomic E-state index is 10.2. The van der Waals surface area contributed by atoms with Gasteiger partial charge in [-0.3, -0.25) is 5.21 Å². The Kier molecular flexibility index (Phi) is 2.51. The molecule has 0 saturated carbocycles. The van der Waals surface area contributed by atoms with E-state index >= 15 is 0 Å². The van der Waals surface area contributed by atoms with Gasteiger partial charge in [0.1, 0.15) is 12.5 Å². The Bertz CT molecular complexity index is 879. The van der Waals surface area contributed by atoms with Crippen molar-refractivity contribution in [2.75, 3.05) is 5.06 Å². The largest absolute Gasteiger partial charge is 0.430 e. The van der Waals surface area contributed by atoms with E-state index in [1.165, 1.54) is 18.7 Å². The predicted octanol–water partition coefficient (Wildman–Crippen LogP) is 3.34. The van der Waals surface area contributed by atoms with Gasteiger partial charge in [0.25, 0.3) is 0 Å². The Balaban J connectivity index is 1.85. The molecule has 4 rings (SSSR count). The molecule has 21 heavy (non-hydrogen) atoms. The zero-order valence-electron chi connectivity index (χ0n) is 10.7. The molecule has 0 saturated heterocycles. The first kappa shape index (κ1) is 11.7. The Hall–Kier alpha value is -3.06. The number of rotatable bonds is 3. The molecule has 3 aromatic heterocycles. The highest BCUT2D eigenvalue weighted by atomic mass is 16.5. The summed E-state index contributed by atoms with van der Waals surface area (Å²) in [5.74, 6) is 0.210. The molecule has 1 aromatic carbocycles. The quantitative estimate of drug-likeness (QED) is 0.560. The van der Waals surface area contributed by atoms with Crippen molar-refractivity contribution in [2.45, 2.75) is 0 Å². The zero-order valence-corrected chi connectivity index (χ0v) is 10.7. The number of oxazole rings is 1. The van der Waals surface area contributed by atoms with Crippen LogP contribution in [0.1, 0.15) is 0 Å². The molecule has 4 aromatic rings. The van der Waals surface area contributed by atoms with E-state index in [0.29, 0.717) is 5.56 Å². The highest BCUT2D eigenvalue weighted by Gasteiger charge is 2.22. The monoisotopic (exact) mass is 282 g/mol. The number of hydrogen-bond acceptors (Lipinski definition) is 6. The molecule has 0 radical (unpaired) electrons.